The molecule has 1 aromatic heterocycles. The molecule has 0 N–H and O–H groups in total. The number of nitrogens with zero attached hydrogens (tertiary/aromatic N) is 1. The lowest BCUT2D eigenvalue weighted by molar-refractivity contribution is -0.168. The van der Waals surface area contributed by atoms with Crippen LogP contribution < -0.4 is 0 Å². The van der Waals surface area contributed by atoms with E-state index in [0.29, 0.717) is 5.39 Å². The van der Waals surface area contributed by atoms with Gasteiger partial charge in [-0.25, -0.2) is 0 Å². The molecule has 0 unspecified atom stereocenters. The SMILES string of the molecule is COC(=O)C(C)(Cc1cnc2c(ccc3ccccc32)c1C(F)(F)F)C(=O)OC. The lowest BCUT2D eigenvalue weighted by Crippen LogP contribution is -2.41. The van der Waals surface area contributed by atoms with Crippen molar-refractivity contribution in [3.8, 4) is 0 Å². The van der Waals surface area contributed by atoms with Crippen LogP contribution >= 0.6 is 0 Å². The second-order valence-corrected chi connectivity index (χ2v) is 6.83. The number of benzene rings is 2. The third-order valence-corrected chi connectivity index (χ3v) is 4.94. The molecule has 0 saturated heterocycles. The maximum atomic E-state index is 14.1. The number of pyridine rings is 1. The van der Waals surface area contributed by atoms with Gasteiger partial charge in [-0.15, -0.1) is 0 Å². The number of fused-ring (bicyclic) bond motifs is 3. The second-order valence-electron chi connectivity index (χ2n) is 6.83. The van der Waals surface area contributed by atoms with Crippen LogP contribution in [0.2, 0.25) is 0 Å². The van der Waals surface area contributed by atoms with Gasteiger partial charge in [-0.1, -0.05) is 36.4 Å². The molecule has 0 atom stereocenters. The molecule has 0 bridgehead atoms. The average molecular weight is 405 g/mol. The highest BCUT2D eigenvalue weighted by Crippen LogP contribution is 2.41. The lowest BCUT2D eigenvalue weighted by Gasteiger charge is -2.25. The minimum atomic E-state index is -4.73. The minimum absolute atomic E-state index is 0.106. The summed E-state index contributed by atoms with van der Waals surface area (Å²) >= 11 is 0. The van der Waals surface area contributed by atoms with E-state index in [1.807, 2.05) is 0 Å². The number of ether oxygens (including phenoxy) is 2. The van der Waals surface area contributed by atoms with Crippen molar-refractivity contribution in [2.24, 2.45) is 5.41 Å². The summed E-state index contributed by atoms with van der Waals surface area (Å²) in [5.74, 6) is -1.98. The Morgan fingerprint density at radius 1 is 0.966 bits per heavy atom. The molecule has 29 heavy (non-hydrogen) atoms. The first-order chi connectivity index (χ1) is 13.6. The molecule has 0 fully saturated rings. The quantitative estimate of drug-likeness (QED) is 0.368. The van der Waals surface area contributed by atoms with Crippen molar-refractivity contribution in [2.45, 2.75) is 19.5 Å². The standard InChI is InChI=1S/C21H18F3NO4/c1-20(18(26)28-2,19(27)29-3)10-13-11-25-17-14-7-5-4-6-12(14)8-9-15(17)16(13)21(22,23)24/h4-9,11H,10H2,1-3H3. The average Bonchev–Trinajstić information content (AvgIpc) is 2.70. The molecule has 0 spiro atoms. The summed E-state index contributed by atoms with van der Waals surface area (Å²) in [5, 5.41) is 1.22. The molecule has 0 aliphatic carbocycles. The summed E-state index contributed by atoms with van der Waals surface area (Å²) in [6, 6.07) is 9.91. The van der Waals surface area contributed by atoms with Crippen LogP contribution in [0, 0.1) is 5.41 Å². The zero-order chi connectivity index (χ0) is 21.4. The number of rotatable bonds is 4. The highest BCUT2D eigenvalue weighted by Gasteiger charge is 2.46. The van der Waals surface area contributed by atoms with Gasteiger partial charge in [-0.2, -0.15) is 13.2 Å². The first kappa shape index (κ1) is 20.6. The van der Waals surface area contributed by atoms with Gasteiger partial charge in [0.2, 0.25) is 0 Å². The number of aromatic nitrogens is 1. The van der Waals surface area contributed by atoms with Gasteiger partial charge in [0.1, 0.15) is 0 Å². The predicted octanol–water partition coefficient (Wildman–Crippen LogP) is 4.30. The molecule has 1 heterocycles. The van der Waals surface area contributed by atoms with Crippen LogP contribution in [-0.2, 0) is 31.7 Å². The molecule has 0 aliphatic rings. The molecule has 2 aromatic carbocycles. The number of halogens is 3. The van der Waals surface area contributed by atoms with Crippen LogP contribution in [0.3, 0.4) is 0 Å². The maximum absolute atomic E-state index is 14.1. The van der Waals surface area contributed by atoms with Crippen molar-refractivity contribution < 1.29 is 32.2 Å². The van der Waals surface area contributed by atoms with E-state index in [0.717, 1.165) is 25.8 Å². The van der Waals surface area contributed by atoms with Gasteiger partial charge in [0, 0.05) is 23.4 Å². The lowest BCUT2D eigenvalue weighted by atomic mass is 9.82. The molecule has 0 radical (unpaired) electrons. The predicted molar refractivity (Wildman–Crippen MR) is 100 cm³/mol. The number of esters is 2. The summed E-state index contributed by atoms with van der Waals surface area (Å²) in [7, 11) is 2.11. The molecule has 0 saturated carbocycles. The van der Waals surface area contributed by atoms with Gasteiger partial charge in [0.25, 0.3) is 0 Å². The van der Waals surface area contributed by atoms with E-state index in [-0.39, 0.29) is 16.5 Å². The highest BCUT2D eigenvalue weighted by molar-refractivity contribution is 6.06. The topological polar surface area (TPSA) is 65.5 Å². The third kappa shape index (κ3) is 3.50. The van der Waals surface area contributed by atoms with E-state index in [1.54, 1.807) is 30.3 Å². The van der Waals surface area contributed by atoms with Gasteiger partial charge in [-0.05, 0) is 17.9 Å². The first-order valence-corrected chi connectivity index (χ1v) is 8.67. The molecule has 0 amide bonds. The Morgan fingerprint density at radius 3 is 2.17 bits per heavy atom. The number of carbonyl (C=O) groups excluding carboxylic acids is 2. The zero-order valence-corrected chi connectivity index (χ0v) is 16.0. The number of alkyl halides is 3. The first-order valence-electron chi connectivity index (χ1n) is 8.67. The van der Waals surface area contributed by atoms with Crippen molar-refractivity contribution in [1.29, 1.82) is 0 Å². The molecular weight excluding hydrogens is 387 g/mol. The largest absolute Gasteiger partial charge is 0.468 e. The van der Waals surface area contributed by atoms with E-state index in [4.69, 9.17) is 0 Å². The zero-order valence-electron chi connectivity index (χ0n) is 16.0. The van der Waals surface area contributed by atoms with Crippen molar-refractivity contribution in [3.05, 3.63) is 53.7 Å². The van der Waals surface area contributed by atoms with Crippen LogP contribution in [0.1, 0.15) is 18.1 Å². The van der Waals surface area contributed by atoms with Crippen molar-refractivity contribution in [3.63, 3.8) is 0 Å². The van der Waals surface area contributed by atoms with Crippen LogP contribution in [-0.4, -0.2) is 31.1 Å². The molecule has 0 aliphatic heterocycles. The summed E-state index contributed by atoms with van der Waals surface area (Å²) in [4.78, 5) is 28.7. The molecule has 152 valence electrons. The Morgan fingerprint density at radius 2 is 1.59 bits per heavy atom. The van der Waals surface area contributed by atoms with Gasteiger partial charge in [-0.3, -0.25) is 14.6 Å². The fourth-order valence-electron chi connectivity index (χ4n) is 3.50. The Bertz CT molecular complexity index is 1090. The normalized spacial score (nSPS) is 12.2. The molecule has 3 rings (SSSR count). The number of hydrogen-bond donors (Lipinski definition) is 0. The fraction of sp³-hybridized carbons (Fsp3) is 0.286. The fourth-order valence-corrected chi connectivity index (χ4v) is 3.50. The summed E-state index contributed by atoms with van der Waals surface area (Å²) in [5.41, 5.74) is -2.99. The Kier molecular flexibility index (Phi) is 5.21. The summed E-state index contributed by atoms with van der Waals surface area (Å²) in [6.07, 6.45) is -4.25. The Hall–Kier alpha value is -3.16. The minimum Gasteiger partial charge on any atom is -0.468 e. The summed E-state index contributed by atoms with van der Waals surface area (Å²) in [6.45, 7) is 1.19. The van der Waals surface area contributed by atoms with E-state index in [2.05, 4.69) is 14.5 Å². The van der Waals surface area contributed by atoms with Crippen LogP contribution in [0.5, 0.6) is 0 Å². The van der Waals surface area contributed by atoms with Gasteiger partial charge >= 0.3 is 18.1 Å². The monoisotopic (exact) mass is 405 g/mol. The van der Waals surface area contributed by atoms with Crippen LogP contribution in [0.15, 0.2) is 42.6 Å². The molecule has 3 aromatic rings. The molecule has 8 heteroatoms. The smallest absolute Gasteiger partial charge is 0.417 e. The van der Waals surface area contributed by atoms with Crippen LogP contribution in [0.4, 0.5) is 13.2 Å². The highest BCUT2D eigenvalue weighted by atomic mass is 19.4. The summed E-state index contributed by atoms with van der Waals surface area (Å²) < 4.78 is 51.5. The van der Waals surface area contributed by atoms with Gasteiger partial charge < -0.3 is 9.47 Å². The number of hydrogen-bond acceptors (Lipinski definition) is 5. The maximum Gasteiger partial charge on any atom is 0.417 e. The molecule has 5 nitrogen and oxygen atoms in total. The van der Waals surface area contributed by atoms with E-state index in [9.17, 15) is 22.8 Å². The Labute approximate surface area is 164 Å². The van der Waals surface area contributed by atoms with E-state index >= 15 is 0 Å². The van der Waals surface area contributed by atoms with Crippen LogP contribution in [0.25, 0.3) is 21.7 Å². The van der Waals surface area contributed by atoms with E-state index in [1.165, 1.54) is 13.0 Å². The molecular formula is C21H18F3NO4. The van der Waals surface area contributed by atoms with Crippen molar-refractivity contribution in [1.82, 2.24) is 4.98 Å². The van der Waals surface area contributed by atoms with Gasteiger partial charge in [0.15, 0.2) is 5.41 Å². The Balaban J connectivity index is 2.29. The number of carbonyl (C=O) groups is 2. The third-order valence-electron chi connectivity index (χ3n) is 4.94. The second kappa shape index (κ2) is 7.35. The van der Waals surface area contributed by atoms with E-state index < -0.39 is 35.5 Å². The van der Waals surface area contributed by atoms with Crippen molar-refractivity contribution >= 4 is 33.6 Å². The van der Waals surface area contributed by atoms with Crippen molar-refractivity contribution in [2.75, 3.05) is 14.2 Å². The van der Waals surface area contributed by atoms with Gasteiger partial charge in [0.05, 0.1) is 25.3 Å². The number of methoxy groups -OCH3 is 2.